The van der Waals surface area contributed by atoms with Gasteiger partial charge >= 0.3 is 6.85 Å². The fourth-order valence-electron chi connectivity index (χ4n) is 11.1. The van der Waals surface area contributed by atoms with Crippen LogP contribution in [0.1, 0.15) is 104 Å². The average Bonchev–Trinajstić information content (AvgIpc) is 3.90. The number of anilines is 5. The van der Waals surface area contributed by atoms with Crippen molar-refractivity contribution in [1.82, 2.24) is 0 Å². The first-order valence-corrected chi connectivity index (χ1v) is 23.9. The maximum atomic E-state index is 7.21. The molecule has 0 amide bonds. The van der Waals surface area contributed by atoms with Gasteiger partial charge in [-0.1, -0.05) is 149 Å². The van der Waals surface area contributed by atoms with Crippen LogP contribution < -0.4 is 20.0 Å². The van der Waals surface area contributed by atoms with Gasteiger partial charge in [-0.15, -0.1) is 11.3 Å². The molecule has 0 atom stereocenters. The molecule has 0 fully saturated rings. The number of para-hydroxylation sites is 1. The second-order valence-corrected chi connectivity index (χ2v) is 23.3. The third-order valence-corrected chi connectivity index (χ3v) is 15.9. The van der Waals surface area contributed by atoms with Crippen molar-refractivity contribution < 1.29 is 4.42 Å². The van der Waals surface area contributed by atoms with E-state index in [4.69, 9.17) is 4.42 Å². The third kappa shape index (κ3) is 5.52. The number of rotatable bonds is 2. The monoisotopic (exact) mass is 850 g/mol. The van der Waals surface area contributed by atoms with Crippen molar-refractivity contribution in [2.24, 2.45) is 0 Å². The number of nitrogens with zero attached hydrogens (tertiary/aromatic N) is 2. The Hall–Kier alpha value is -6.04. The van der Waals surface area contributed by atoms with Crippen LogP contribution in [0.25, 0.3) is 54.3 Å². The fourth-order valence-corrected chi connectivity index (χ4v) is 12.4. The van der Waals surface area contributed by atoms with Crippen molar-refractivity contribution in [3.8, 4) is 22.3 Å². The zero-order valence-electron chi connectivity index (χ0n) is 39.0. The van der Waals surface area contributed by atoms with Crippen molar-refractivity contribution in [3.05, 3.63) is 161 Å². The van der Waals surface area contributed by atoms with Crippen molar-refractivity contribution >= 4 is 88.9 Å². The highest BCUT2D eigenvalue weighted by Gasteiger charge is 2.50. The standard InChI is InChI=1S/C59H55BN2OS/c1-56(2,3)34-20-25-37(26-21-34)61-52-45-30-36(58(7,8)9)24-29-50(45)64-55(52)60-51-43(32-44-40-17-13-15-19-49(40)63-54(44)53(51)61)42-31-41-39-16-12-14-18-46(39)59(10,11)47(41)33-48(42)62(60)38-27-22-35(23-28-38)57(4,5)6/h12-33H,1-11H3. The minimum Gasteiger partial charge on any atom is -0.454 e. The molecule has 0 spiro atoms. The lowest BCUT2D eigenvalue weighted by Gasteiger charge is -2.45. The Morgan fingerprint density at radius 2 is 1.14 bits per heavy atom. The predicted octanol–water partition coefficient (Wildman–Crippen LogP) is 15.7. The van der Waals surface area contributed by atoms with Gasteiger partial charge in [-0.25, -0.2) is 0 Å². The molecule has 0 N–H and O–H groups in total. The van der Waals surface area contributed by atoms with Crippen molar-refractivity contribution in [2.75, 3.05) is 9.71 Å². The largest absolute Gasteiger partial charge is 0.454 e. The zero-order valence-corrected chi connectivity index (χ0v) is 39.8. The summed E-state index contributed by atoms with van der Waals surface area (Å²) in [6, 6.07) is 51.3. The molecule has 0 bridgehead atoms. The molecule has 0 saturated carbocycles. The Kier molecular flexibility index (Phi) is 8.06. The van der Waals surface area contributed by atoms with Gasteiger partial charge in [0.2, 0.25) is 0 Å². The van der Waals surface area contributed by atoms with Gasteiger partial charge in [-0.05, 0) is 127 Å². The van der Waals surface area contributed by atoms with Crippen LogP contribution in [0.5, 0.6) is 0 Å². The van der Waals surface area contributed by atoms with Gasteiger partial charge in [0.05, 0.1) is 11.4 Å². The molecule has 2 aromatic heterocycles. The van der Waals surface area contributed by atoms with Gasteiger partial charge in [0, 0.05) is 53.7 Å². The van der Waals surface area contributed by atoms with Crippen molar-refractivity contribution in [3.63, 3.8) is 0 Å². The molecular weight excluding hydrogens is 796 g/mol. The smallest absolute Gasteiger partial charge is 0.343 e. The molecule has 0 radical (unpaired) electrons. The molecule has 316 valence electrons. The van der Waals surface area contributed by atoms with Crippen LogP contribution in [0.3, 0.4) is 0 Å². The molecule has 5 heteroatoms. The first kappa shape index (κ1) is 39.5. The van der Waals surface area contributed by atoms with Crippen LogP contribution in [0.4, 0.5) is 28.4 Å². The van der Waals surface area contributed by atoms with Gasteiger partial charge in [0.1, 0.15) is 5.58 Å². The summed E-state index contributed by atoms with van der Waals surface area (Å²) >= 11 is 1.96. The molecule has 0 saturated heterocycles. The van der Waals surface area contributed by atoms with E-state index >= 15 is 0 Å². The van der Waals surface area contributed by atoms with E-state index < -0.39 is 0 Å². The Balaban J connectivity index is 1.26. The average molecular weight is 851 g/mol. The lowest BCUT2D eigenvalue weighted by molar-refractivity contribution is 0.590. The normalized spacial score (nSPS) is 15.1. The summed E-state index contributed by atoms with van der Waals surface area (Å²) in [6.45, 7) is 25.5. The zero-order chi connectivity index (χ0) is 44.4. The van der Waals surface area contributed by atoms with Crippen molar-refractivity contribution in [2.45, 2.75) is 97.8 Å². The Morgan fingerprint density at radius 3 is 1.83 bits per heavy atom. The summed E-state index contributed by atoms with van der Waals surface area (Å²) in [5.41, 5.74) is 20.9. The first-order valence-electron chi connectivity index (χ1n) is 23.0. The number of benzene rings is 7. The fraction of sp³-hybridized carbons (Fsp3) is 0.254. The second-order valence-electron chi connectivity index (χ2n) is 22.2. The molecule has 4 heterocycles. The highest BCUT2D eigenvalue weighted by atomic mass is 32.1. The molecule has 9 aromatic rings. The van der Waals surface area contributed by atoms with Crippen LogP contribution in [-0.2, 0) is 21.7 Å². The summed E-state index contributed by atoms with van der Waals surface area (Å²) in [5, 5.41) is 3.57. The maximum absolute atomic E-state index is 7.21. The van der Waals surface area contributed by atoms with Crippen LogP contribution in [0, 0.1) is 0 Å². The summed E-state index contributed by atoms with van der Waals surface area (Å²) in [4.78, 5) is 5.28. The highest BCUT2D eigenvalue weighted by molar-refractivity contribution is 7.32. The number of furan rings is 1. The third-order valence-electron chi connectivity index (χ3n) is 14.7. The second kappa shape index (κ2) is 13.0. The van der Waals surface area contributed by atoms with E-state index in [1.165, 1.54) is 87.5 Å². The topological polar surface area (TPSA) is 19.6 Å². The van der Waals surface area contributed by atoms with Crippen LogP contribution in [0.15, 0.2) is 138 Å². The first-order chi connectivity index (χ1) is 30.4. The molecule has 12 rings (SSSR count). The number of fused-ring (bicyclic) bond motifs is 13. The summed E-state index contributed by atoms with van der Waals surface area (Å²) in [5.74, 6) is 0. The van der Waals surface area contributed by atoms with E-state index in [-0.39, 0.29) is 28.5 Å². The maximum Gasteiger partial charge on any atom is 0.343 e. The highest BCUT2D eigenvalue weighted by Crippen LogP contribution is 2.57. The Bertz CT molecular complexity index is 3420. The minimum absolute atomic E-state index is 0.0193. The van der Waals surface area contributed by atoms with E-state index in [2.05, 4.69) is 219 Å². The SMILES string of the molecule is CC(C)(C)c1ccc(N2B3c4sc5ccc(C(C)(C)C)cc5c4N(c4ccc(C(C)(C)C)cc4)c4c3c(cc3c4oc4ccccc43)-c3cc4c(cc32)C(C)(C)c2ccccc2-4)cc1. The molecular formula is C59H55BN2OS. The van der Waals surface area contributed by atoms with Gasteiger partial charge in [0.25, 0.3) is 0 Å². The van der Waals surface area contributed by atoms with Crippen LogP contribution in [0.2, 0.25) is 0 Å². The molecule has 1 aliphatic carbocycles. The molecule has 7 aromatic carbocycles. The summed E-state index contributed by atoms with van der Waals surface area (Å²) in [7, 11) is 0. The molecule has 3 nitrogen and oxygen atoms in total. The van der Waals surface area contributed by atoms with E-state index in [1.54, 1.807) is 0 Å². The Labute approximate surface area is 382 Å². The molecule has 2 aliphatic heterocycles. The number of hydrogen-bond donors (Lipinski definition) is 0. The lowest BCUT2D eigenvalue weighted by atomic mass is 9.46. The molecule has 64 heavy (non-hydrogen) atoms. The van der Waals surface area contributed by atoms with E-state index in [1.807, 2.05) is 11.3 Å². The predicted molar refractivity (Wildman–Crippen MR) is 276 cm³/mol. The van der Waals surface area contributed by atoms with E-state index in [9.17, 15) is 0 Å². The van der Waals surface area contributed by atoms with Gasteiger partial charge in [-0.2, -0.15) is 0 Å². The van der Waals surface area contributed by atoms with Gasteiger partial charge in [0.15, 0.2) is 5.58 Å². The minimum atomic E-state index is -0.159. The van der Waals surface area contributed by atoms with Crippen LogP contribution >= 0.6 is 11.3 Å². The molecule has 3 aliphatic rings. The summed E-state index contributed by atoms with van der Waals surface area (Å²) < 4.78 is 9.85. The number of thiophene rings is 1. The molecule has 0 unspecified atom stereocenters. The van der Waals surface area contributed by atoms with E-state index in [0.29, 0.717) is 0 Å². The van der Waals surface area contributed by atoms with E-state index in [0.717, 1.165) is 33.3 Å². The van der Waals surface area contributed by atoms with Crippen molar-refractivity contribution in [1.29, 1.82) is 0 Å². The van der Waals surface area contributed by atoms with Crippen LogP contribution in [-0.4, -0.2) is 6.85 Å². The lowest BCUT2D eigenvalue weighted by Crippen LogP contribution is -2.60. The van der Waals surface area contributed by atoms with Gasteiger partial charge in [-0.3, -0.25) is 0 Å². The Morgan fingerprint density at radius 1 is 0.516 bits per heavy atom. The number of hydrogen-bond acceptors (Lipinski definition) is 4. The summed E-state index contributed by atoms with van der Waals surface area (Å²) in [6.07, 6.45) is 0. The quantitative estimate of drug-likeness (QED) is 0.162. The van der Waals surface area contributed by atoms with Gasteiger partial charge < -0.3 is 14.1 Å².